The van der Waals surface area contributed by atoms with Crippen molar-refractivity contribution in [3.8, 4) is 5.75 Å². The minimum atomic E-state index is -0.536. The lowest BCUT2D eigenvalue weighted by molar-refractivity contribution is 0.0966. The molecule has 3 rings (SSSR count). The van der Waals surface area contributed by atoms with Crippen LogP contribution in [-0.2, 0) is 13.2 Å². The van der Waals surface area contributed by atoms with E-state index in [1.165, 1.54) is 7.11 Å². The molecule has 3 N–H and O–H groups in total. The average Bonchev–Trinajstić information content (AvgIpc) is 3.17. The van der Waals surface area contributed by atoms with Crippen LogP contribution in [0.25, 0.3) is 0 Å². The van der Waals surface area contributed by atoms with E-state index in [2.05, 4.69) is 10.3 Å². The Bertz CT molecular complexity index is 777. The van der Waals surface area contributed by atoms with Crippen LogP contribution in [0.3, 0.4) is 0 Å². The van der Waals surface area contributed by atoms with E-state index in [9.17, 15) is 15.0 Å². The van der Waals surface area contributed by atoms with E-state index in [1.54, 1.807) is 12.1 Å². The van der Waals surface area contributed by atoms with Crippen molar-refractivity contribution in [3.05, 3.63) is 64.7 Å². The zero-order valence-corrected chi connectivity index (χ0v) is 13.9. The maximum absolute atomic E-state index is 12.8. The zero-order valence-electron chi connectivity index (χ0n) is 13.9. The molecule has 1 aliphatic rings. The van der Waals surface area contributed by atoms with Crippen molar-refractivity contribution in [1.29, 1.82) is 0 Å². The van der Waals surface area contributed by atoms with Crippen LogP contribution in [0.2, 0.25) is 0 Å². The van der Waals surface area contributed by atoms with E-state index in [1.807, 2.05) is 30.3 Å². The number of aliphatic hydroxyl groups excluding tert-OH is 2. The molecule has 0 radical (unpaired) electrons. The minimum absolute atomic E-state index is 0.157. The van der Waals surface area contributed by atoms with Crippen LogP contribution in [0.4, 0.5) is 0 Å². The second kappa shape index (κ2) is 7.46. The van der Waals surface area contributed by atoms with Crippen molar-refractivity contribution in [3.63, 3.8) is 0 Å². The summed E-state index contributed by atoms with van der Waals surface area (Å²) in [5.41, 5.74) is 2.30. The van der Waals surface area contributed by atoms with Gasteiger partial charge in [0.15, 0.2) is 5.78 Å². The predicted molar refractivity (Wildman–Crippen MR) is 93.9 cm³/mol. The van der Waals surface area contributed by atoms with E-state index >= 15 is 0 Å². The number of carbonyl (C=O) groups is 1. The van der Waals surface area contributed by atoms with E-state index in [-0.39, 0.29) is 19.0 Å². The van der Waals surface area contributed by atoms with E-state index < -0.39 is 6.04 Å². The summed E-state index contributed by atoms with van der Waals surface area (Å²) >= 11 is 0. The smallest absolute Gasteiger partial charge is 0.189 e. The highest BCUT2D eigenvalue weighted by Gasteiger charge is 2.27. The summed E-state index contributed by atoms with van der Waals surface area (Å²) in [5, 5.41) is 22.1. The second-order valence-corrected chi connectivity index (χ2v) is 5.74. The monoisotopic (exact) mass is 340 g/mol. The molecule has 1 atom stereocenters. The predicted octanol–water partition coefficient (Wildman–Crippen LogP) is 1.28. The molecule has 0 saturated heterocycles. The summed E-state index contributed by atoms with van der Waals surface area (Å²) in [6.07, 6.45) is 0. The van der Waals surface area contributed by atoms with E-state index in [0.717, 1.165) is 5.56 Å². The van der Waals surface area contributed by atoms with Gasteiger partial charge in [0.1, 0.15) is 17.6 Å². The van der Waals surface area contributed by atoms with Gasteiger partial charge >= 0.3 is 0 Å². The first-order valence-electron chi connectivity index (χ1n) is 8.00. The molecule has 2 aromatic rings. The number of aliphatic hydroxyl groups is 2. The molecule has 130 valence electrons. The average molecular weight is 340 g/mol. The standard InChI is InChI=1S/C19H20N2O4/c1-25-17-8-13(7-14(10-22)15(17)11-23)18(24)16-9-20-19(21-16)12-5-3-2-4-6-12/h2-8,16,22-23H,9-11H2,1H3,(H,20,21). The summed E-state index contributed by atoms with van der Waals surface area (Å²) in [6, 6.07) is 12.3. The molecule has 1 aliphatic heterocycles. The number of nitrogens with one attached hydrogen (secondary N) is 1. The van der Waals surface area contributed by atoms with Gasteiger partial charge in [-0.15, -0.1) is 0 Å². The number of nitrogens with zero attached hydrogens (tertiary/aromatic N) is 1. The third-order valence-corrected chi connectivity index (χ3v) is 4.23. The van der Waals surface area contributed by atoms with Gasteiger partial charge in [-0.3, -0.25) is 9.79 Å². The highest BCUT2D eigenvalue weighted by molar-refractivity contribution is 6.07. The molecular weight excluding hydrogens is 320 g/mol. The number of hydrogen-bond acceptors (Lipinski definition) is 6. The van der Waals surface area contributed by atoms with Gasteiger partial charge < -0.3 is 20.3 Å². The first-order chi connectivity index (χ1) is 12.2. The van der Waals surface area contributed by atoms with Crippen molar-refractivity contribution in [2.45, 2.75) is 19.3 Å². The lowest BCUT2D eigenvalue weighted by atomic mass is 9.98. The van der Waals surface area contributed by atoms with Crippen LogP contribution < -0.4 is 10.1 Å². The van der Waals surface area contributed by atoms with E-state index in [4.69, 9.17) is 4.74 Å². The van der Waals surface area contributed by atoms with Gasteiger partial charge in [0.2, 0.25) is 0 Å². The zero-order chi connectivity index (χ0) is 17.8. The number of ether oxygens (including phenoxy) is 1. The molecule has 2 aromatic carbocycles. The minimum Gasteiger partial charge on any atom is -0.496 e. The molecule has 6 nitrogen and oxygen atoms in total. The topological polar surface area (TPSA) is 91.2 Å². The van der Waals surface area contributed by atoms with Gasteiger partial charge in [0.05, 0.1) is 20.3 Å². The van der Waals surface area contributed by atoms with Crippen LogP contribution in [0.1, 0.15) is 27.0 Å². The molecule has 0 saturated carbocycles. The number of methoxy groups -OCH3 is 1. The number of ketones is 1. The Balaban J connectivity index is 1.90. The van der Waals surface area contributed by atoms with Crippen LogP contribution in [0, 0.1) is 0 Å². The molecule has 6 heteroatoms. The number of Topliss-reactive ketones (excluding diaryl/α,β-unsaturated/α-hetero) is 1. The summed E-state index contributed by atoms with van der Waals surface area (Å²) < 4.78 is 5.25. The van der Waals surface area contributed by atoms with Crippen molar-refractivity contribution >= 4 is 11.6 Å². The Morgan fingerprint density at radius 3 is 2.64 bits per heavy atom. The number of rotatable bonds is 6. The van der Waals surface area contributed by atoms with Crippen molar-refractivity contribution in [2.75, 3.05) is 13.7 Å². The second-order valence-electron chi connectivity index (χ2n) is 5.74. The fraction of sp³-hybridized carbons (Fsp3) is 0.263. The van der Waals surface area contributed by atoms with Gasteiger partial charge in [-0.05, 0) is 17.7 Å². The maximum Gasteiger partial charge on any atom is 0.189 e. The molecule has 1 heterocycles. The number of benzene rings is 2. The number of aliphatic imine (C=N–C) groups is 1. The summed E-state index contributed by atoms with van der Waals surface area (Å²) in [4.78, 5) is 17.3. The molecule has 0 aromatic heterocycles. The number of hydrogen-bond donors (Lipinski definition) is 3. The molecule has 0 bridgehead atoms. The van der Waals surface area contributed by atoms with Gasteiger partial charge in [-0.25, -0.2) is 0 Å². The Morgan fingerprint density at radius 2 is 2.00 bits per heavy atom. The van der Waals surface area contributed by atoms with Crippen LogP contribution in [-0.4, -0.2) is 41.5 Å². The molecule has 0 fully saturated rings. The first kappa shape index (κ1) is 17.1. The highest BCUT2D eigenvalue weighted by Crippen LogP contribution is 2.26. The molecule has 0 aliphatic carbocycles. The summed E-state index contributed by atoms with van der Waals surface area (Å²) in [6.45, 7) is -0.134. The summed E-state index contributed by atoms with van der Waals surface area (Å²) in [7, 11) is 1.46. The van der Waals surface area contributed by atoms with Gasteiger partial charge in [-0.2, -0.15) is 0 Å². The number of carbonyl (C=O) groups excluding carboxylic acids is 1. The Labute approximate surface area is 145 Å². The Morgan fingerprint density at radius 1 is 1.24 bits per heavy atom. The fourth-order valence-corrected chi connectivity index (χ4v) is 2.90. The lowest BCUT2D eigenvalue weighted by Crippen LogP contribution is -2.26. The third-order valence-electron chi connectivity index (χ3n) is 4.23. The van der Waals surface area contributed by atoms with Gasteiger partial charge in [-0.1, -0.05) is 30.3 Å². The fourth-order valence-electron chi connectivity index (χ4n) is 2.90. The molecular formula is C19H20N2O4. The third kappa shape index (κ3) is 3.40. The largest absolute Gasteiger partial charge is 0.496 e. The normalized spacial score (nSPS) is 16.3. The van der Waals surface area contributed by atoms with E-state index in [0.29, 0.717) is 34.8 Å². The summed E-state index contributed by atoms with van der Waals surface area (Å²) in [5.74, 6) is 0.923. The van der Waals surface area contributed by atoms with Crippen LogP contribution in [0.15, 0.2) is 47.5 Å². The molecule has 1 unspecified atom stereocenters. The van der Waals surface area contributed by atoms with Crippen LogP contribution >= 0.6 is 0 Å². The SMILES string of the molecule is COc1cc(C(=O)C2CNC(c3ccccc3)=N2)cc(CO)c1CO. The number of amidine groups is 1. The van der Waals surface area contributed by atoms with Gasteiger partial charge in [0, 0.05) is 23.2 Å². The molecule has 25 heavy (non-hydrogen) atoms. The lowest BCUT2D eigenvalue weighted by Gasteiger charge is -2.14. The quantitative estimate of drug-likeness (QED) is 0.689. The van der Waals surface area contributed by atoms with Crippen LogP contribution in [0.5, 0.6) is 5.75 Å². The van der Waals surface area contributed by atoms with Crippen molar-refractivity contribution in [1.82, 2.24) is 5.32 Å². The first-order valence-corrected chi connectivity index (χ1v) is 8.00. The molecule has 0 amide bonds. The maximum atomic E-state index is 12.8. The Hall–Kier alpha value is -2.70. The Kier molecular flexibility index (Phi) is 5.11. The van der Waals surface area contributed by atoms with Gasteiger partial charge in [0.25, 0.3) is 0 Å². The molecule has 0 spiro atoms. The van der Waals surface area contributed by atoms with Crippen molar-refractivity contribution < 1.29 is 19.7 Å². The highest BCUT2D eigenvalue weighted by atomic mass is 16.5. The van der Waals surface area contributed by atoms with Crippen molar-refractivity contribution in [2.24, 2.45) is 4.99 Å².